The molecule has 0 aromatic carbocycles. The van der Waals surface area contributed by atoms with E-state index >= 15 is 0 Å². The molecule has 5 heteroatoms. The van der Waals surface area contributed by atoms with Crippen LogP contribution in [0.3, 0.4) is 0 Å². The Morgan fingerprint density at radius 3 is 2.82 bits per heavy atom. The Kier molecular flexibility index (Phi) is 3.26. The summed E-state index contributed by atoms with van der Waals surface area (Å²) < 4.78 is 11.1. The normalized spacial score (nSPS) is 51.0. The third-order valence-corrected chi connectivity index (χ3v) is 6.81. The largest absolute Gasteiger partial charge is 0.465 e. The highest BCUT2D eigenvalue weighted by Crippen LogP contribution is 2.61. The van der Waals surface area contributed by atoms with Crippen molar-refractivity contribution in [3.05, 3.63) is 0 Å². The van der Waals surface area contributed by atoms with E-state index in [0.29, 0.717) is 18.9 Å². The number of hydrogen-bond donors (Lipinski definition) is 1. The molecule has 0 amide bonds. The standard InChI is InChI=1S/C17H24O5/c1-9-15-13(22-16(9)20)7-10-11(3-2-4-12(10)18)17(15)6-5-14(19)21-8-17/h9-13,15,18H,2-8H2,1H3. The van der Waals surface area contributed by atoms with Gasteiger partial charge in [0.15, 0.2) is 0 Å². The maximum atomic E-state index is 12.1. The van der Waals surface area contributed by atoms with E-state index < -0.39 is 0 Å². The van der Waals surface area contributed by atoms with Gasteiger partial charge in [0, 0.05) is 17.8 Å². The zero-order valence-corrected chi connectivity index (χ0v) is 13.0. The maximum Gasteiger partial charge on any atom is 0.309 e. The van der Waals surface area contributed by atoms with Gasteiger partial charge < -0.3 is 14.6 Å². The predicted molar refractivity (Wildman–Crippen MR) is 76.6 cm³/mol. The van der Waals surface area contributed by atoms with Crippen LogP contribution in [-0.4, -0.2) is 35.9 Å². The summed E-state index contributed by atoms with van der Waals surface area (Å²) in [4.78, 5) is 23.7. The van der Waals surface area contributed by atoms with Crippen molar-refractivity contribution in [2.24, 2.45) is 29.1 Å². The first-order chi connectivity index (χ1) is 10.5. The molecule has 4 aliphatic rings. The monoisotopic (exact) mass is 308 g/mol. The van der Waals surface area contributed by atoms with E-state index in [0.717, 1.165) is 32.1 Å². The van der Waals surface area contributed by atoms with Gasteiger partial charge in [-0.2, -0.15) is 0 Å². The minimum Gasteiger partial charge on any atom is -0.465 e. The van der Waals surface area contributed by atoms with Crippen LogP contribution in [0.4, 0.5) is 0 Å². The van der Waals surface area contributed by atoms with Crippen molar-refractivity contribution in [3.63, 3.8) is 0 Å². The Hall–Kier alpha value is -1.10. The molecule has 2 heterocycles. The van der Waals surface area contributed by atoms with Gasteiger partial charge in [0.05, 0.1) is 18.6 Å². The number of carbonyl (C=O) groups excluding carboxylic acids is 2. The quantitative estimate of drug-likeness (QED) is 0.689. The van der Waals surface area contributed by atoms with E-state index in [4.69, 9.17) is 9.47 Å². The lowest BCUT2D eigenvalue weighted by Gasteiger charge is -2.57. The Balaban J connectivity index is 1.75. The third kappa shape index (κ3) is 1.87. The molecule has 5 nitrogen and oxygen atoms in total. The molecule has 2 aliphatic carbocycles. The van der Waals surface area contributed by atoms with E-state index in [2.05, 4.69) is 0 Å². The van der Waals surface area contributed by atoms with Crippen molar-refractivity contribution in [2.75, 3.05) is 6.61 Å². The minimum absolute atomic E-state index is 0.117. The van der Waals surface area contributed by atoms with Crippen molar-refractivity contribution < 1.29 is 24.2 Å². The topological polar surface area (TPSA) is 72.8 Å². The number of cyclic esters (lactones) is 1. The van der Waals surface area contributed by atoms with Gasteiger partial charge in [0.2, 0.25) is 0 Å². The number of fused-ring (bicyclic) bond motifs is 4. The van der Waals surface area contributed by atoms with Crippen molar-refractivity contribution in [1.29, 1.82) is 0 Å². The summed E-state index contributed by atoms with van der Waals surface area (Å²) in [5.41, 5.74) is -0.186. The Labute approximate surface area is 130 Å². The predicted octanol–water partition coefficient (Wildman–Crippen LogP) is 1.67. The second kappa shape index (κ2) is 4.95. The fraction of sp³-hybridized carbons (Fsp3) is 0.882. The molecule has 4 fully saturated rings. The molecule has 2 aliphatic heterocycles. The van der Waals surface area contributed by atoms with Gasteiger partial charge in [0.25, 0.3) is 0 Å². The molecule has 0 aromatic rings. The van der Waals surface area contributed by atoms with E-state index in [9.17, 15) is 14.7 Å². The highest BCUT2D eigenvalue weighted by molar-refractivity contribution is 5.75. The minimum atomic E-state index is -0.316. The van der Waals surface area contributed by atoms with E-state index in [1.54, 1.807) is 0 Å². The first-order valence-corrected chi connectivity index (χ1v) is 8.57. The summed E-state index contributed by atoms with van der Waals surface area (Å²) in [6.07, 6.45) is 4.42. The van der Waals surface area contributed by atoms with Crippen molar-refractivity contribution >= 4 is 11.9 Å². The van der Waals surface area contributed by atoms with E-state index in [-0.39, 0.29) is 47.3 Å². The van der Waals surface area contributed by atoms with E-state index in [1.165, 1.54) is 0 Å². The van der Waals surface area contributed by atoms with Crippen molar-refractivity contribution in [2.45, 2.75) is 57.7 Å². The summed E-state index contributed by atoms with van der Waals surface area (Å²) >= 11 is 0. The molecule has 122 valence electrons. The number of esters is 2. The van der Waals surface area contributed by atoms with Gasteiger partial charge in [-0.3, -0.25) is 9.59 Å². The smallest absolute Gasteiger partial charge is 0.309 e. The van der Waals surface area contributed by atoms with Crippen LogP contribution in [0, 0.1) is 29.1 Å². The number of aliphatic hydroxyl groups excluding tert-OH is 1. The van der Waals surface area contributed by atoms with Crippen molar-refractivity contribution in [1.82, 2.24) is 0 Å². The molecule has 0 aromatic heterocycles. The maximum absolute atomic E-state index is 12.1. The summed E-state index contributed by atoms with van der Waals surface area (Å²) in [5.74, 6) is 0.229. The van der Waals surface area contributed by atoms with Crippen LogP contribution in [0.5, 0.6) is 0 Å². The lowest BCUT2D eigenvalue weighted by atomic mass is 9.48. The fourth-order valence-corrected chi connectivity index (χ4v) is 5.90. The lowest BCUT2D eigenvalue weighted by Crippen LogP contribution is -2.59. The lowest BCUT2D eigenvalue weighted by molar-refractivity contribution is -0.189. The molecule has 0 radical (unpaired) electrons. The summed E-state index contributed by atoms with van der Waals surface area (Å²) in [7, 11) is 0. The molecule has 4 rings (SSSR count). The SMILES string of the molecule is CC1C(=O)OC2CC3C(O)CCCC3C3(CCC(=O)OC3)C21. The highest BCUT2D eigenvalue weighted by Gasteiger charge is 2.64. The molecule has 7 unspecified atom stereocenters. The molecular weight excluding hydrogens is 284 g/mol. The molecule has 1 N–H and O–H groups in total. The summed E-state index contributed by atoms with van der Waals surface area (Å²) in [5, 5.41) is 10.5. The molecule has 0 bridgehead atoms. The number of ether oxygens (including phenoxy) is 2. The Bertz CT molecular complexity index is 491. The molecule has 1 spiro atoms. The highest BCUT2D eigenvalue weighted by atomic mass is 16.6. The average molecular weight is 308 g/mol. The van der Waals surface area contributed by atoms with Crippen LogP contribution in [-0.2, 0) is 19.1 Å². The Morgan fingerprint density at radius 1 is 1.27 bits per heavy atom. The zero-order valence-electron chi connectivity index (χ0n) is 13.0. The number of rotatable bonds is 0. The number of hydrogen-bond acceptors (Lipinski definition) is 5. The van der Waals surface area contributed by atoms with Crippen LogP contribution in [0.25, 0.3) is 0 Å². The van der Waals surface area contributed by atoms with Gasteiger partial charge in [-0.1, -0.05) is 13.3 Å². The molecule has 7 atom stereocenters. The first-order valence-electron chi connectivity index (χ1n) is 8.57. The molecular formula is C17H24O5. The first kappa shape index (κ1) is 14.5. The number of aliphatic hydroxyl groups is 1. The van der Waals surface area contributed by atoms with Gasteiger partial charge in [0.1, 0.15) is 6.10 Å². The van der Waals surface area contributed by atoms with Crippen molar-refractivity contribution in [3.8, 4) is 0 Å². The van der Waals surface area contributed by atoms with Crippen LogP contribution >= 0.6 is 0 Å². The van der Waals surface area contributed by atoms with Gasteiger partial charge in [-0.05, 0) is 37.5 Å². The Morgan fingerprint density at radius 2 is 2.09 bits per heavy atom. The molecule has 2 saturated heterocycles. The second-order valence-corrected chi connectivity index (χ2v) is 7.69. The fourth-order valence-electron chi connectivity index (χ4n) is 5.90. The van der Waals surface area contributed by atoms with Crippen LogP contribution in [0.1, 0.15) is 45.4 Å². The van der Waals surface area contributed by atoms with Gasteiger partial charge >= 0.3 is 11.9 Å². The van der Waals surface area contributed by atoms with Crippen LogP contribution in [0.2, 0.25) is 0 Å². The van der Waals surface area contributed by atoms with Gasteiger partial charge in [-0.25, -0.2) is 0 Å². The zero-order chi connectivity index (χ0) is 15.5. The summed E-state index contributed by atoms with van der Waals surface area (Å²) in [6.45, 7) is 2.34. The molecule has 22 heavy (non-hydrogen) atoms. The number of carbonyl (C=O) groups is 2. The van der Waals surface area contributed by atoms with E-state index in [1.807, 2.05) is 6.92 Å². The van der Waals surface area contributed by atoms with Crippen LogP contribution in [0.15, 0.2) is 0 Å². The molecule has 2 saturated carbocycles. The average Bonchev–Trinajstić information content (AvgIpc) is 2.79. The van der Waals surface area contributed by atoms with Gasteiger partial charge in [-0.15, -0.1) is 0 Å². The second-order valence-electron chi connectivity index (χ2n) is 7.69. The van der Waals surface area contributed by atoms with Crippen LogP contribution < -0.4 is 0 Å². The summed E-state index contributed by atoms with van der Waals surface area (Å²) in [6, 6.07) is 0. The third-order valence-electron chi connectivity index (χ3n) is 6.81.